The maximum Gasteiger partial charge on any atom is 0.0465 e. The Morgan fingerprint density at radius 3 is 1.43 bits per heavy atom. The molecule has 0 bridgehead atoms. The zero-order valence-corrected chi connectivity index (χ0v) is 38.0. The highest BCUT2D eigenvalue weighted by Crippen LogP contribution is 2.57. The number of nitrogens with zero attached hydrogens (tertiary/aromatic N) is 1. The van der Waals surface area contributed by atoms with Gasteiger partial charge in [-0.3, -0.25) is 0 Å². The maximum atomic E-state index is 2.49. The fraction of sp³-hybridized carbons (Fsp3) is 0.188. The fourth-order valence-corrected chi connectivity index (χ4v) is 12.2. The summed E-state index contributed by atoms with van der Waals surface area (Å²) in [6.45, 7) is 9.70. The molecular weight excluding hydrogens is 783 g/mol. The molecule has 0 saturated heterocycles. The van der Waals surface area contributed by atoms with Crippen molar-refractivity contribution in [1.29, 1.82) is 0 Å². The van der Waals surface area contributed by atoms with E-state index >= 15 is 0 Å². The highest BCUT2D eigenvalue weighted by Gasteiger charge is 2.42. The second-order valence-corrected chi connectivity index (χ2v) is 19.9. The predicted octanol–water partition coefficient (Wildman–Crippen LogP) is 18.0. The van der Waals surface area contributed by atoms with Gasteiger partial charge in [-0.2, -0.15) is 0 Å². The van der Waals surface area contributed by atoms with Crippen molar-refractivity contribution in [1.82, 2.24) is 0 Å². The first kappa shape index (κ1) is 39.6. The van der Waals surface area contributed by atoms with E-state index in [-0.39, 0.29) is 10.8 Å². The maximum absolute atomic E-state index is 2.49. The van der Waals surface area contributed by atoms with Crippen LogP contribution in [0.2, 0.25) is 0 Å². The minimum atomic E-state index is -0.236. The summed E-state index contributed by atoms with van der Waals surface area (Å²) >= 11 is 0. The average molecular weight is 838 g/mol. The van der Waals surface area contributed by atoms with Crippen LogP contribution in [-0.2, 0) is 10.8 Å². The monoisotopic (exact) mass is 837 g/mol. The van der Waals surface area contributed by atoms with Gasteiger partial charge in [0.1, 0.15) is 0 Å². The Bertz CT molecular complexity index is 3270. The van der Waals surface area contributed by atoms with Gasteiger partial charge < -0.3 is 4.90 Å². The second-order valence-electron chi connectivity index (χ2n) is 19.9. The van der Waals surface area contributed by atoms with E-state index in [0.717, 1.165) is 5.69 Å². The molecule has 0 atom stereocenters. The summed E-state index contributed by atoms with van der Waals surface area (Å²) in [6, 6.07) is 73.4. The molecule has 0 amide bonds. The van der Waals surface area contributed by atoms with Gasteiger partial charge in [0.2, 0.25) is 0 Å². The highest BCUT2D eigenvalue weighted by molar-refractivity contribution is 5.98. The number of hydrogen-bond donors (Lipinski definition) is 0. The summed E-state index contributed by atoms with van der Waals surface area (Å²) in [5, 5.41) is 2.51. The quantitative estimate of drug-likeness (QED) is 0.155. The molecule has 0 spiro atoms. The van der Waals surface area contributed by atoms with Crippen molar-refractivity contribution in [3.05, 3.63) is 222 Å². The van der Waals surface area contributed by atoms with E-state index in [0.29, 0.717) is 5.92 Å². The first-order valence-electron chi connectivity index (χ1n) is 23.9. The Kier molecular flexibility index (Phi) is 9.35. The van der Waals surface area contributed by atoms with E-state index in [9.17, 15) is 0 Å². The Hall–Kier alpha value is -6.96. The first-order chi connectivity index (χ1) is 31.8. The van der Waals surface area contributed by atoms with E-state index < -0.39 is 0 Å². The predicted molar refractivity (Wildman–Crippen MR) is 276 cm³/mol. The molecule has 0 aliphatic heterocycles. The molecular formula is C64H55N. The van der Waals surface area contributed by atoms with Crippen LogP contribution >= 0.6 is 0 Å². The molecule has 9 aromatic rings. The molecule has 3 aliphatic carbocycles. The van der Waals surface area contributed by atoms with Gasteiger partial charge in [0.25, 0.3) is 0 Å². The van der Waals surface area contributed by atoms with Crippen molar-refractivity contribution in [2.45, 2.75) is 76.5 Å². The molecule has 316 valence electrons. The van der Waals surface area contributed by atoms with Gasteiger partial charge in [-0.25, -0.2) is 0 Å². The van der Waals surface area contributed by atoms with Gasteiger partial charge in [0.05, 0.1) is 0 Å². The third-order valence-electron chi connectivity index (χ3n) is 15.4. The molecule has 0 heterocycles. The minimum absolute atomic E-state index is 0.103. The first-order valence-corrected chi connectivity index (χ1v) is 23.9. The van der Waals surface area contributed by atoms with E-state index in [1.54, 1.807) is 0 Å². The third kappa shape index (κ3) is 6.42. The van der Waals surface area contributed by atoms with E-state index in [2.05, 4.69) is 227 Å². The largest absolute Gasteiger partial charge is 0.310 e. The Balaban J connectivity index is 0.971. The topological polar surface area (TPSA) is 3.24 Å². The van der Waals surface area contributed by atoms with Gasteiger partial charge in [0, 0.05) is 27.9 Å². The second kappa shape index (κ2) is 15.3. The van der Waals surface area contributed by atoms with Crippen molar-refractivity contribution in [2.75, 3.05) is 4.90 Å². The number of benzene rings is 9. The molecule has 1 fully saturated rings. The molecule has 3 aliphatic rings. The van der Waals surface area contributed by atoms with Crippen molar-refractivity contribution < 1.29 is 0 Å². The summed E-state index contributed by atoms with van der Waals surface area (Å²) in [6.07, 6.45) is 6.62. The number of hydrogen-bond acceptors (Lipinski definition) is 1. The number of fused-ring (bicyclic) bond motifs is 7. The molecule has 12 rings (SSSR count). The lowest BCUT2D eigenvalue weighted by Crippen LogP contribution is -2.19. The third-order valence-corrected chi connectivity index (χ3v) is 15.4. The summed E-state index contributed by atoms with van der Waals surface area (Å²) in [5.74, 6) is 0.658. The standard InChI is InChI=1S/C64H55N/c1-63(2)59-28-14-13-23-51(59)53-24-15-26-55(61(53)63)56-27-16-25-54-52-38-37-50(41-60(52)64(3,4)62(54)56)65(48-33-29-43(30-34-48)42-17-7-5-8-18-42)49-35-31-45(32-36-49)58-40-47-22-12-11-21-46(47)39-57(58)44-19-9-6-10-20-44/h6,9-16,19-42H,5,7-8,17-18H2,1-4H3. The SMILES string of the molecule is CC1(C)c2ccccc2-c2cccc(-c3cccc4c3C(C)(C)c3cc(N(c5ccc(-c6cc7ccccc7cc6-c6ccccc6)cc5)c5ccc(C6CCCCC6)cc5)ccc3-4)c21. The molecule has 0 aromatic heterocycles. The van der Waals surface area contributed by atoms with Gasteiger partial charge in [-0.05, 0) is 162 Å². The van der Waals surface area contributed by atoms with Crippen LogP contribution in [0.15, 0.2) is 194 Å². The fourth-order valence-electron chi connectivity index (χ4n) is 12.2. The molecule has 0 unspecified atom stereocenters. The zero-order valence-electron chi connectivity index (χ0n) is 38.0. The Morgan fingerprint density at radius 2 is 0.815 bits per heavy atom. The summed E-state index contributed by atoms with van der Waals surface area (Å²) in [7, 11) is 0. The van der Waals surface area contributed by atoms with Gasteiger partial charge in [-0.15, -0.1) is 0 Å². The number of anilines is 3. The summed E-state index contributed by atoms with van der Waals surface area (Å²) < 4.78 is 0. The van der Waals surface area contributed by atoms with Crippen molar-refractivity contribution >= 4 is 27.8 Å². The lowest BCUT2D eigenvalue weighted by atomic mass is 9.74. The van der Waals surface area contributed by atoms with Crippen LogP contribution < -0.4 is 4.90 Å². The summed E-state index contributed by atoms with van der Waals surface area (Å²) in [4.78, 5) is 2.48. The lowest BCUT2D eigenvalue weighted by Gasteiger charge is -2.30. The van der Waals surface area contributed by atoms with Crippen LogP contribution in [-0.4, -0.2) is 0 Å². The van der Waals surface area contributed by atoms with E-state index in [1.807, 2.05) is 0 Å². The van der Waals surface area contributed by atoms with Crippen LogP contribution in [0.25, 0.3) is 66.4 Å². The normalized spacial score (nSPS) is 15.6. The molecule has 1 saturated carbocycles. The van der Waals surface area contributed by atoms with Crippen molar-refractivity contribution in [2.24, 2.45) is 0 Å². The lowest BCUT2D eigenvalue weighted by molar-refractivity contribution is 0.443. The van der Waals surface area contributed by atoms with Gasteiger partial charge in [-0.1, -0.05) is 193 Å². The van der Waals surface area contributed by atoms with Crippen LogP contribution in [0.4, 0.5) is 17.1 Å². The van der Waals surface area contributed by atoms with Crippen LogP contribution in [0.5, 0.6) is 0 Å². The average Bonchev–Trinajstić information content (AvgIpc) is 3.74. The number of rotatable bonds is 7. The van der Waals surface area contributed by atoms with Crippen LogP contribution in [0.1, 0.15) is 93.5 Å². The Morgan fingerprint density at radius 1 is 0.354 bits per heavy atom. The van der Waals surface area contributed by atoms with Crippen LogP contribution in [0.3, 0.4) is 0 Å². The summed E-state index contributed by atoms with van der Waals surface area (Å²) in [5.41, 5.74) is 23.3. The van der Waals surface area contributed by atoms with Gasteiger partial charge >= 0.3 is 0 Å². The van der Waals surface area contributed by atoms with E-state index in [1.165, 1.54) is 138 Å². The minimum Gasteiger partial charge on any atom is -0.310 e. The van der Waals surface area contributed by atoms with Crippen molar-refractivity contribution in [3.63, 3.8) is 0 Å². The molecule has 9 aromatic carbocycles. The molecule has 0 radical (unpaired) electrons. The van der Waals surface area contributed by atoms with Crippen molar-refractivity contribution in [3.8, 4) is 55.6 Å². The molecule has 0 N–H and O–H groups in total. The molecule has 65 heavy (non-hydrogen) atoms. The van der Waals surface area contributed by atoms with Gasteiger partial charge in [0.15, 0.2) is 0 Å². The molecule has 1 heteroatoms. The molecule has 1 nitrogen and oxygen atoms in total. The smallest absolute Gasteiger partial charge is 0.0465 e. The van der Waals surface area contributed by atoms with Crippen LogP contribution in [0, 0.1) is 0 Å². The Labute approximate surface area is 385 Å². The van der Waals surface area contributed by atoms with E-state index in [4.69, 9.17) is 0 Å². The highest BCUT2D eigenvalue weighted by atomic mass is 15.1. The zero-order chi connectivity index (χ0) is 43.9.